The van der Waals surface area contributed by atoms with Gasteiger partial charge in [0.05, 0.1) is 16.3 Å². The molecule has 0 fully saturated rings. The highest BCUT2D eigenvalue weighted by atomic mass is 32.2. The summed E-state index contributed by atoms with van der Waals surface area (Å²) in [4.78, 5) is 3.88. The van der Waals surface area contributed by atoms with Crippen LogP contribution in [0.1, 0.15) is 0 Å². The van der Waals surface area contributed by atoms with Crippen LogP contribution in [-0.2, 0) is 9.84 Å². The van der Waals surface area contributed by atoms with Crippen molar-refractivity contribution in [3.8, 4) is 5.69 Å². The number of nitrogen functional groups attached to an aromatic ring is 1. The average Bonchev–Trinajstić information content (AvgIpc) is 2.69. The van der Waals surface area contributed by atoms with Gasteiger partial charge in [0.1, 0.15) is 12.7 Å². The highest BCUT2D eigenvalue weighted by Crippen LogP contribution is 2.24. The maximum absolute atomic E-state index is 11.5. The van der Waals surface area contributed by atoms with E-state index in [9.17, 15) is 8.42 Å². The third kappa shape index (κ3) is 1.76. The van der Waals surface area contributed by atoms with Crippen molar-refractivity contribution < 1.29 is 8.42 Å². The second-order valence-electron chi connectivity index (χ2n) is 3.30. The standard InChI is InChI=1S/C9H10N4O2S/c1-16(14,15)8-4-2-3-7(9(8)10)13-6-11-5-12-13/h2-6H,10H2,1H3. The first-order valence-corrected chi connectivity index (χ1v) is 6.33. The Morgan fingerprint density at radius 1 is 1.38 bits per heavy atom. The van der Waals surface area contributed by atoms with Crippen molar-refractivity contribution in [2.75, 3.05) is 12.0 Å². The van der Waals surface area contributed by atoms with E-state index in [0.29, 0.717) is 5.69 Å². The van der Waals surface area contributed by atoms with Crippen LogP contribution in [0.15, 0.2) is 35.7 Å². The molecule has 2 rings (SSSR count). The van der Waals surface area contributed by atoms with Crippen molar-refractivity contribution in [1.82, 2.24) is 14.8 Å². The summed E-state index contributed by atoms with van der Waals surface area (Å²) < 4.78 is 24.3. The molecule has 0 spiro atoms. The number of para-hydroxylation sites is 1. The number of aromatic nitrogens is 3. The molecule has 0 atom stereocenters. The quantitative estimate of drug-likeness (QED) is 0.757. The Kier molecular flexibility index (Phi) is 2.39. The summed E-state index contributed by atoms with van der Waals surface area (Å²) >= 11 is 0. The molecule has 1 aromatic heterocycles. The fourth-order valence-electron chi connectivity index (χ4n) is 1.39. The van der Waals surface area contributed by atoms with Crippen LogP contribution in [0.5, 0.6) is 0 Å². The monoisotopic (exact) mass is 238 g/mol. The van der Waals surface area contributed by atoms with E-state index < -0.39 is 9.84 Å². The van der Waals surface area contributed by atoms with Crippen LogP contribution in [0.3, 0.4) is 0 Å². The Morgan fingerprint density at radius 2 is 2.12 bits per heavy atom. The lowest BCUT2D eigenvalue weighted by Crippen LogP contribution is -2.07. The topological polar surface area (TPSA) is 90.9 Å². The first-order chi connectivity index (χ1) is 7.50. The smallest absolute Gasteiger partial charge is 0.177 e. The van der Waals surface area contributed by atoms with Crippen molar-refractivity contribution in [2.24, 2.45) is 0 Å². The number of rotatable bonds is 2. The van der Waals surface area contributed by atoms with Gasteiger partial charge in [0.15, 0.2) is 9.84 Å². The van der Waals surface area contributed by atoms with Crippen LogP contribution in [0.2, 0.25) is 0 Å². The van der Waals surface area contributed by atoms with E-state index >= 15 is 0 Å². The third-order valence-corrected chi connectivity index (χ3v) is 3.26. The van der Waals surface area contributed by atoms with Crippen molar-refractivity contribution >= 4 is 15.5 Å². The number of nitrogens with zero attached hydrogens (tertiary/aromatic N) is 3. The maximum Gasteiger partial charge on any atom is 0.177 e. The third-order valence-electron chi connectivity index (χ3n) is 2.11. The van der Waals surface area contributed by atoms with Gasteiger partial charge in [0.25, 0.3) is 0 Å². The second-order valence-corrected chi connectivity index (χ2v) is 5.29. The SMILES string of the molecule is CS(=O)(=O)c1cccc(-n2cncn2)c1N. The fourth-order valence-corrected chi connectivity index (χ4v) is 2.22. The summed E-state index contributed by atoms with van der Waals surface area (Å²) in [6.07, 6.45) is 3.92. The van der Waals surface area contributed by atoms with Gasteiger partial charge in [-0.15, -0.1) is 0 Å². The largest absolute Gasteiger partial charge is 0.396 e. The van der Waals surface area contributed by atoms with Crippen molar-refractivity contribution in [2.45, 2.75) is 4.90 Å². The van der Waals surface area contributed by atoms with Gasteiger partial charge in [-0.05, 0) is 12.1 Å². The van der Waals surface area contributed by atoms with E-state index in [1.807, 2.05) is 0 Å². The predicted octanol–water partition coefficient (Wildman–Crippen LogP) is 0.253. The molecule has 84 valence electrons. The number of nitrogens with two attached hydrogens (primary N) is 1. The molecule has 0 bridgehead atoms. The molecule has 0 amide bonds. The molecule has 0 radical (unpaired) electrons. The fraction of sp³-hybridized carbons (Fsp3) is 0.111. The first-order valence-electron chi connectivity index (χ1n) is 4.43. The summed E-state index contributed by atoms with van der Waals surface area (Å²) in [6.45, 7) is 0. The van der Waals surface area contributed by atoms with Gasteiger partial charge in [0.2, 0.25) is 0 Å². The molecule has 0 unspecified atom stereocenters. The molecule has 0 aliphatic rings. The zero-order valence-corrected chi connectivity index (χ0v) is 9.35. The Balaban J connectivity index is 2.67. The van der Waals surface area contributed by atoms with Gasteiger partial charge in [-0.3, -0.25) is 0 Å². The summed E-state index contributed by atoms with van der Waals surface area (Å²) in [6, 6.07) is 4.76. The molecule has 2 aromatic rings. The Bertz CT molecular complexity index is 604. The minimum atomic E-state index is -3.33. The summed E-state index contributed by atoms with van der Waals surface area (Å²) in [5.41, 5.74) is 6.47. The van der Waals surface area contributed by atoms with E-state index in [1.165, 1.54) is 23.4 Å². The average molecular weight is 238 g/mol. The van der Waals surface area contributed by atoms with E-state index in [4.69, 9.17) is 5.73 Å². The van der Waals surface area contributed by atoms with Crippen LogP contribution >= 0.6 is 0 Å². The number of sulfone groups is 1. The Labute approximate surface area is 92.6 Å². The van der Waals surface area contributed by atoms with Crippen LogP contribution in [0.4, 0.5) is 5.69 Å². The van der Waals surface area contributed by atoms with E-state index in [-0.39, 0.29) is 10.6 Å². The first kappa shape index (κ1) is 10.6. The molecule has 0 saturated carbocycles. The Morgan fingerprint density at radius 3 is 2.69 bits per heavy atom. The highest BCUT2D eigenvalue weighted by Gasteiger charge is 2.15. The van der Waals surface area contributed by atoms with E-state index in [1.54, 1.807) is 12.1 Å². The number of hydrogen-bond donors (Lipinski definition) is 1. The van der Waals surface area contributed by atoms with E-state index in [2.05, 4.69) is 10.1 Å². The predicted molar refractivity (Wildman–Crippen MR) is 58.9 cm³/mol. The molecule has 7 heteroatoms. The summed E-state index contributed by atoms with van der Waals surface area (Å²) in [5.74, 6) is 0. The van der Waals surface area contributed by atoms with Gasteiger partial charge in [-0.25, -0.2) is 18.1 Å². The normalized spacial score (nSPS) is 11.6. The maximum atomic E-state index is 11.5. The lowest BCUT2D eigenvalue weighted by atomic mass is 10.3. The molecule has 16 heavy (non-hydrogen) atoms. The van der Waals surface area contributed by atoms with Crippen LogP contribution < -0.4 is 5.73 Å². The minimum Gasteiger partial charge on any atom is -0.396 e. The van der Waals surface area contributed by atoms with Crippen molar-refractivity contribution in [3.05, 3.63) is 30.9 Å². The van der Waals surface area contributed by atoms with Crippen molar-refractivity contribution in [3.63, 3.8) is 0 Å². The van der Waals surface area contributed by atoms with Crippen LogP contribution in [0.25, 0.3) is 5.69 Å². The molecule has 6 nitrogen and oxygen atoms in total. The molecule has 1 aromatic carbocycles. The highest BCUT2D eigenvalue weighted by molar-refractivity contribution is 7.90. The second kappa shape index (κ2) is 3.60. The Hall–Kier alpha value is -1.89. The van der Waals surface area contributed by atoms with Gasteiger partial charge in [-0.2, -0.15) is 5.10 Å². The van der Waals surface area contributed by atoms with Crippen LogP contribution in [0, 0.1) is 0 Å². The lowest BCUT2D eigenvalue weighted by molar-refractivity contribution is 0.602. The molecular weight excluding hydrogens is 228 g/mol. The molecule has 0 aliphatic carbocycles. The summed E-state index contributed by atoms with van der Waals surface area (Å²) in [7, 11) is -3.33. The number of hydrogen-bond acceptors (Lipinski definition) is 5. The van der Waals surface area contributed by atoms with Gasteiger partial charge in [0, 0.05) is 6.26 Å². The van der Waals surface area contributed by atoms with Gasteiger partial charge >= 0.3 is 0 Å². The molecule has 1 heterocycles. The lowest BCUT2D eigenvalue weighted by Gasteiger charge is -2.08. The van der Waals surface area contributed by atoms with Gasteiger partial charge < -0.3 is 5.73 Å². The van der Waals surface area contributed by atoms with Crippen LogP contribution in [-0.4, -0.2) is 29.4 Å². The minimum absolute atomic E-state index is 0.0977. The molecular formula is C9H10N4O2S. The zero-order chi connectivity index (χ0) is 11.8. The molecule has 2 N–H and O–H groups in total. The summed E-state index contributed by atoms with van der Waals surface area (Å²) in [5, 5.41) is 3.90. The number of anilines is 1. The van der Waals surface area contributed by atoms with E-state index in [0.717, 1.165) is 6.26 Å². The number of benzene rings is 1. The van der Waals surface area contributed by atoms with Gasteiger partial charge in [-0.1, -0.05) is 6.07 Å². The van der Waals surface area contributed by atoms with Crippen molar-refractivity contribution in [1.29, 1.82) is 0 Å². The molecule has 0 saturated heterocycles. The molecule has 0 aliphatic heterocycles. The zero-order valence-electron chi connectivity index (χ0n) is 8.53.